The first kappa shape index (κ1) is 13.2. The van der Waals surface area contributed by atoms with Crippen LogP contribution in [0.25, 0.3) is 0 Å². The number of carboxylic acids is 1. The zero-order chi connectivity index (χ0) is 13.3. The Morgan fingerprint density at radius 1 is 1.39 bits per heavy atom. The van der Waals surface area contributed by atoms with Crippen LogP contribution in [0.3, 0.4) is 0 Å². The van der Waals surface area contributed by atoms with Crippen LogP contribution in [0.5, 0.6) is 0 Å². The van der Waals surface area contributed by atoms with Gasteiger partial charge in [0.25, 0.3) is 0 Å². The maximum absolute atomic E-state index is 11.6. The molecule has 1 aromatic rings. The van der Waals surface area contributed by atoms with Gasteiger partial charge in [0, 0.05) is 19.5 Å². The smallest absolute Gasteiger partial charge is 0.308 e. The Hall–Kier alpha value is -1.26. The fourth-order valence-corrected chi connectivity index (χ4v) is 2.27. The fraction of sp³-hybridized carbons (Fsp3) is 0.333. The third-order valence-corrected chi connectivity index (χ3v) is 3.66. The van der Waals surface area contributed by atoms with Crippen molar-refractivity contribution in [3.8, 4) is 0 Å². The molecule has 0 bridgehead atoms. The van der Waals surface area contributed by atoms with Gasteiger partial charge in [0.15, 0.2) is 0 Å². The molecule has 0 radical (unpaired) electrons. The van der Waals surface area contributed by atoms with Crippen molar-refractivity contribution < 1.29 is 14.7 Å². The number of amides is 1. The molecule has 1 fully saturated rings. The van der Waals surface area contributed by atoms with Gasteiger partial charge in [-0.15, -0.1) is 0 Å². The first-order chi connectivity index (χ1) is 8.47. The van der Waals surface area contributed by atoms with E-state index in [0.717, 1.165) is 5.56 Å². The molecule has 1 aliphatic rings. The lowest BCUT2D eigenvalue weighted by atomic mass is 10.1. The largest absolute Gasteiger partial charge is 0.481 e. The molecular formula is C12H11Cl2NO3. The molecule has 1 amide bonds. The molecule has 18 heavy (non-hydrogen) atoms. The third-order valence-electron chi connectivity index (χ3n) is 2.92. The van der Waals surface area contributed by atoms with Crippen LogP contribution in [-0.2, 0) is 16.1 Å². The summed E-state index contributed by atoms with van der Waals surface area (Å²) in [5.41, 5.74) is 0.837. The Morgan fingerprint density at radius 2 is 2.11 bits per heavy atom. The zero-order valence-electron chi connectivity index (χ0n) is 9.40. The van der Waals surface area contributed by atoms with E-state index < -0.39 is 11.9 Å². The summed E-state index contributed by atoms with van der Waals surface area (Å²) in [6.07, 6.45) is 0.0661. The van der Waals surface area contributed by atoms with E-state index in [2.05, 4.69) is 0 Å². The molecule has 1 heterocycles. The molecule has 0 spiro atoms. The second kappa shape index (κ2) is 5.16. The Bertz CT molecular complexity index is 504. The predicted octanol–water partition coefficient (Wildman–Crippen LogP) is 2.43. The van der Waals surface area contributed by atoms with Crippen molar-refractivity contribution in [1.29, 1.82) is 0 Å². The number of halogens is 2. The van der Waals surface area contributed by atoms with Crippen LogP contribution >= 0.6 is 23.2 Å². The van der Waals surface area contributed by atoms with E-state index in [1.165, 1.54) is 4.90 Å². The van der Waals surface area contributed by atoms with E-state index in [9.17, 15) is 9.59 Å². The number of hydrogen-bond donors (Lipinski definition) is 1. The minimum Gasteiger partial charge on any atom is -0.481 e. The Labute approximate surface area is 114 Å². The van der Waals surface area contributed by atoms with Gasteiger partial charge in [-0.05, 0) is 17.7 Å². The van der Waals surface area contributed by atoms with Gasteiger partial charge in [0.1, 0.15) is 0 Å². The second-order valence-electron chi connectivity index (χ2n) is 4.26. The van der Waals surface area contributed by atoms with Gasteiger partial charge in [0.05, 0.1) is 16.0 Å². The SMILES string of the molecule is O=C(O)[C@@H]1CC(=O)N(Cc2ccc(Cl)c(Cl)c2)C1. The average Bonchev–Trinajstić information content (AvgIpc) is 2.66. The van der Waals surface area contributed by atoms with Gasteiger partial charge in [-0.1, -0.05) is 29.3 Å². The van der Waals surface area contributed by atoms with Crippen molar-refractivity contribution in [2.45, 2.75) is 13.0 Å². The molecule has 96 valence electrons. The maximum Gasteiger partial charge on any atom is 0.308 e. The Balaban J connectivity index is 2.08. The monoisotopic (exact) mass is 287 g/mol. The van der Waals surface area contributed by atoms with Crippen LogP contribution in [0.15, 0.2) is 18.2 Å². The first-order valence-corrected chi connectivity index (χ1v) is 6.17. The normalized spacial score (nSPS) is 19.3. The molecule has 0 unspecified atom stereocenters. The number of carbonyl (C=O) groups excluding carboxylic acids is 1. The van der Waals surface area contributed by atoms with E-state index in [1.54, 1.807) is 18.2 Å². The number of benzene rings is 1. The summed E-state index contributed by atoms with van der Waals surface area (Å²) in [6.45, 7) is 0.605. The van der Waals surface area contributed by atoms with E-state index in [-0.39, 0.29) is 18.9 Å². The highest BCUT2D eigenvalue weighted by molar-refractivity contribution is 6.42. The third kappa shape index (κ3) is 2.76. The summed E-state index contributed by atoms with van der Waals surface area (Å²) in [6, 6.07) is 5.12. The molecule has 6 heteroatoms. The molecule has 0 aromatic heterocycles. The number of rotatable bonds is 3. The van der Waals surface area contributed by atoms with E-state index in [4.69, 9.17) is 28.3 Å². The quantitative estimate of drug-likeness (QED) is 0.929. The molecule has 1 N–H and O–H groups in total. The lowest BCUT2D eigenvalue weighted by Gasteiger charge is -2.16. The zero-order valence-corrected chi connectivity index (χ0v) is 10.9. The summed E-state index contributed by atoms with van der Waals surface area (Å²) in [4.78, 5) is 24.0. The summed E-state index contributed by atoms with van der Waals surface area (Å²) >= 11 is 11.7. The molecule has 1 aromatic carbocycles. The number of likely N-dealkylation sites (tertiary alicyclic amines) is 1. The number of carboxylic acid groups (broad SMARTS) is 1. The maximum atomic E-state index is 11.6. The van der Waals surface area contributed by atoms with Crippen LogP contribution in [0.4, 0.5) is 0 Å². The molecule has 0 aliphatic carbocycles. The lowest BCUT2D eigenvalue weighted by Crippen LogP contribution is -2.25. The van der Waals surface area contributed by atoms with Crippen molar-refractivity contribution in [3.63, 3.8) is 0 Å². The number of aliphatic carboxylic acids is 1. The molecule has 2 rings (SSSR count). The molecule has 1 saturated heterocycles. The van der Waals surface area contributed by atoms with E-state index in [0.29, 0.717) is 16.6 Å². The van der Waals surface area contributed by atoms with Crippen molar-refractivity contribution in [3.05, 3.63) is 33.8 Å². The van der Waals surface area contributed by atoms with Gasteiger partial charge in [-0.2, -0.15) is 0 Å². The molecule has 1 aliphatic heterocycles. The summed E-state index contributed by atoms with van der Waals surface area (Å²) in [7, 11) is 0. The summed E-state index contributed by atoms with van der Waals surface area (Å²) < 4.78 is 0. The summed E-state index contributed by atoms with van der Waals surface area (Å²) in [5.74, 6) is -1.69. The van der Waals surface area contributed by atoms with Crippen molar-refractivity contribution in [1.82, 2.24) is 4.90 Å². The van der Waals surface area contributed by atoms with Gasteiger partial charge in [-0.3, -0.25) is 9.59 Å². The number of hydrogen-bond acceptors (Lipinski definition) is 2. The van der Waals surface area contributed by atoms with E-state index >= 15 is 0 Å². The first-order valence-electron chi connectivity index (χ1n) is 5.42. The topological polar surface area (TPSA) is 57.6 Å². The van der Waals surface area contributed by atoms with Crippen LogP contribution < -0.4 is 0 Å². The van der Waals surface area contributed by atoms with Crippen LogP contribution in [0, 0.1) is 5.92 Å². The minimum absolute atomic E-state index is 0.0661. The summed E-state index contributed by atoms with van der Waals surface area (Å²) in [5, 5.41) is 9.76. The highest BCUT2D eigenvalue weighted by atomic mass is 35.5. The van der Waals surface area contributed by atoms with Crippen LogP contribution in [-0.4, -0.2) is 28.4 Å². The van der Waals surface area contributed by atoms with Crippen molar-refractivity contribution in [2.75, 3.05) is 6.54 Å². The van der Waals surface area contributed by atoms with Crippen LogP contribution in [0.1, 0.15) is 12.0 Å². The Kier molecular flexibility index (Phi) is 3.78. The fourth-order valence-electron chi connectivity index (χ4n) is 1.95. The second-order valence-corrected chi connectivity index (χ2v) is 5.08. The number of carbonyl (C=O) groups is 2. The van der Waals surface area contributed by atoms with Crippen molar-refractivity contribution >= 4 is 35.1 Å². The van der Waals surface area contributed by atoms with Gasteiger partial charge >= 0.3 is 5.97 Å². The molecule has 4 nitrogen and oxygen atoms in total. The minimum atomic E-state index is -0.931. The highest BCUT2D eigenvalue weighted by Gasteiger charge is 2.34. The number of nitrogens with zero attached hydrogens (tertiary/aromatic N) is 1. The van der Waals surface area contributed by atoms with Crippen LogP contribution in [0.2, 0.25) is 10.0 Å². The lowest BCUT2D eigenvalue weighted by molar-refractivity contribution is -0.141. The Morgan fingerprint density at radius 3 is 2.67 bits per heavy atom. The molecule has 1 atom stereocenters. The average molecular weight is 288 g/mol. The standard InChI is InChI=1S/C12H11Cl2NO3/c13-9-2-1-7(3-10(9)14)5-15-6-8(12(17)18)4-11(15)16/h1-3,8H,4-6H2,(H,17,18)/t8-/m1/s1. The van der Waals surface area contributed by atoms with Crippen molar-refractivity contribution in [2.24, 2.45) is 5.92 Å². The van der Waals surface area contributed by atoms with Gasteiger partial charge in [-0.25, -0.2) is 0 Å². The van der Waals surface area contributed by atoms with E-state index in [1.807, 2.05) is 0 Å². The predicted molar refractivity (Wildman–Crippen MR) is 67.6 cm³/mol. The highest BCUT2D eigenvalue weighted by Crippen LogP contribution is 2.25. The van der Waals surface area contributed by atoms with Gasteiger partial charge < -0.3 is 10.0 Å². The molecular weight excluding hydrogens is 277 g/mol. The molecule has 0 saturated carbocycles. The van der Waals surface area contributed by atoms with Gasteiger partial charge in [0.2, 0.25) is 5.91 Å².